The van der Waals surface area contributed by atoms with Crippen LogP contribution in [0.1, 0.15) is 37.6 Å². The lowest BCUT2D eigenvalue weighted by Gasteiger charge is -2.32. The molecular formula is C23H27F3N6O3. The van der Waals surface area contributed by atoms with Crippen LogP contribution in [-0.4, -0.2) is 45.9 Å². The zero-order valence-corrected chi connectivity index (χ0v) is 19.9. The summed E-state index contributed by atoms with van der Waals surface area (Å²) in [5.74, 6) is 1.67. The SMILES string of the molecule is COc1cc2nc(C)nc(NCc3nc(N)cc(C(F)(F)F)n3)c2cc1OC(C)(C)C1CCOC1. The first kappa shape index (κ1) is 24.7. The number of fused-ring (bicyclic) bond motifs is 1. The Morgan fingerprint density at radius 1 is 1.11 bits per heavy atom. The first-order chi connectivity index (χ1) is 16.5. The normalized spacial score (nSPS) is 16.5. The van der Waals surface area contributed by atoms with Gasteiger partial charge in [-0.3, -0.25) is 0 Å². The van der Waals surface area contributed by atoms with E-state index in [-0.39, 0.29) is 24.1 Å². The van der Waals surface area contributed by atoms with Crippen molar-refractivity contribution in [2.24, 2.45) is 5.92 Å². The Balaban J connectivity index is 1.68. The number of hydrogen-bond acceptors (Lipinski definition) is 9. The molecule has 4 rings (SSSR count). The first-order valence-electron chi connectivity index (χ1n) is 11.0. The Kier molecular flexibility index (Phi) is 6.58. The van der Waals surface area contributed by atoms with Gasteiger partial charge in [-0.25, -0.2) is 19.9 Å². The molecule has 0 radical (unpaired) electrons. The fourth-order valence-corrected chi connectivity index (χ4v) is 3.98. The van der Waals surface area contributed by atoms with Gasteiger partial charge in [-0.2, -0.15) is 13.2 Å². The van der Waals surface area contributed by atoms with Gasteiger partial charge in [-0.15, -0.1) is 0 Å². The van der Waals surface area contributed by atoms with Crippen molar-refractivity contribution in [3.05, 3.63) is 35.5 Å². The van der Waals surface area contributed by atoms with Crippen molar-refractivity contribution < 1.29 is 27.4 Å². The number of nitrogens with two attached hydrogens (primary N) is 1. The molecule has 3 N–H and O–H groups in total. The minimum absolute atomic E-state index is 0.117. The molecule has 1 aliphatic rings. The van der Waals surface area contributed by atoms with Gasteiger partial charge in [0.25, 0.3) is 0 Å². The van der Waals surface area contributed by atoms with Gasteiger partial charge in [-0.05, 0) is 33.3 Å². The second-order valence-electron chi connectivity index (χ2n) is 8.85. The number of alkyl halides is 3. The molecule has 12 heteroatoms. The Morgan fingerprint density at radius 2 is 1.89 bits per heavy atom. The number of halogens is 3. The summed E-state index contributed by atoms with van der Waals surface area (Å²) in [6.45, 7) is 6.87. The summed E-state index contributed by atoms with van der Waals surface area (Å²) < 4.78 is 56.8. The molecule has 0 spiro atoms. The average molecular weight is 493 g/mol. The van der Waals surface area contributed by atoms with E-state index < -0.39 is 17.5 Å². The van der Waals surface area contributed by atoms with E-state index in [1.165, 1.54) is 0 Å². The minimum Gasteiger partial charge on any atom is -0.493 e. The van der Waals surface area contributed by atoms with Crippen molar-refractivity contribution >= 4 is 22.5 Å². The fourth-order valence-electron chi connectivity index (χ4n) is 3.98. The van der Waals surface area contributed by atoms with Crippen LogP contribution in [0.5, 0.6) is 11.5 Å². The number of rotatable bonds is 7. The largest absolute Gasteiger partial charge is 0.493 e. The van der Waals surface area contributed by atoms with E-state index in [2.05, 4.69) is 25.3 Å². The van der Waals surface area contributed by atoms with Crippen LogP contribution in [0.3, 0.4) is 0 Å². The Hall–Kier alpha value is -3.41. The maximum Gasteiger partial charge on any atom is 0.433 e. The summed E-state index contributed by atoms with van der Waals surface area (Å²) >= 11 is 0. The molecule has 2 aromatic heterocycles. The molecule has 1 aliphatic heterocycles. The number of ether oxygens (including phenoxy) is 3. The van der Waals surface area contributed by atoms with Crippen LogP contribution in [0.4, 0.5) is 24.8 Å². The number of nitrogen functional groups attached to an aromatic ring is 1. The molecule has 0 amide bonds. The molecule has 1 aromatic carbocycles. The van der Waals surface area contributed by atoms with Crippen molar-refractivity contribution in [2.45, 2.75) is 45.5 Å². The molecule has 3 heterocycles. The number of nitrogens with zero attached hydrogens (tertiary/aromatic N) is 4. The molecule has 188 valence electrons. The molecule has 1 saturated heterocycles. The monoisotopic (exact) mass is 492 g/mol. The second-order valence-corrected chi connectivity index (χ2v) is 8.85. The first-order valence-corrected chi connectivity index (χ1v) is 11.0. The third-order valence-corrected chi connectivity index (χ3v) is 5.88. The molecule has 1 fully saturated rings. The van der Waals surface area contributed by atoms with Crippen molar-refractivity contribution in [1.82, 2.24) is 19.9 Å². The van der Waals surface area contributed by atoms with Gasteiger partial charge < -0.3 is 25.3 Å². The van der Waals surface area contributed by atoms with Crippen molar-refractivity contribution in [1.29, 1.82) is 0 Å². The maximum atomic E-state index is 13.1. The highest BCUT2D eigenvalue weighted by atomic mass is 19.4. The Labute approximate surface area is 200 Å². The van der Waals surface area contributed by atoms with Gasteiger partial charge >= 0.3 is 6.18 Å². The third kappa shape index (κ3) is 5.47. The van der Waals surface area contributed by atoms with Crippen molar-refractivity contribution in [2.75, 3.05) is 31.4 Å². The van der Waals surface area contributed by atoms with E-state index in [0.717, 1.165) is 6.42 Å². The van der Waals surface area contributed by atoms with Crippen LogP contribution in [0.15, 0.2) is 18.2 Å². The van der Waals surface area contributed by atoms with E-state index >= 15 is 0 Å². The highest BCUT2D eigenvalue weighted by Crippen LogP contribution is 2.39. The molecule has 0 aliphatic carbocycles. The molecule has 0 saturated carbocycles. The molecular weight excluding hydrogens is 465 g/mol. The highest BCUT2D eigenvalue weighted by Gasteiger charge is 2.36. The van der Waals surface area contributed by atoms with Gasteiger partial charge in [0.2, 0.25) is 0 Å². The summed E-state index contributed by atoms with van der Waals surface area (Å²) in [6.07, 6.45) is -3.75. The van der Waals surface area contributed by atoms with Crippen LogP contribution >= 0.6 is 0 Å². The van der Waals surface area contributed by atoms with Crippen molar-refractivity contribution in [3.63, 3.8) is 0 Å². The Morgan fingerprint density at radius 3 is 2.54 bits per heavy atom. The molecule has 35 heavy (non-hydrogen) atoms. The lowest BCUT2D eigenvalue weighted by atomic mass is 9.90. The standard InChI is InChI=1S/C23H27F3N6O3/c1-12-29-15-8-16(33-4)17(35-22(2,3)13-5-6-34-11-13)7-14(15)21(30-12)28-10-20-31-18(23(24,25)26)9-19(27)32-20/h7-9,13H,5-6,10-11H2,1-4H3,(H2,27,31,32)(H,28,29,30). The highest BCUT2D eigenvalue weighted by molar-refractivity contribution is 5.91. The summed E-state index contributed by atoms with van der Waals surface area (Å²) in [7, 11) is 1.54. The zero-order valence-electron chi connectivity index (χ0n) is 19.9. The topological polar surface area (TPSA) is 117 Å². The minimum atomic E-state index is -4.63. The van der Waals surface area contributed by atoms with Gasteiger partial charge in [0.15, 0.2) is 11.5 Å². The van der Waals surface area contributed by atoms with E-state index in [9.17, 15) is 13.2 Å². The van der Waals surface area contributed by atoms with Gasteiger partial charge in [0, 0.05) is 30.0 Å². The predicted octanol–water partition coefficient (Wildman–Crippen LogP) is 4.14. The van der Waals surface area contributed by atoms with E-state index in [1.807, 2.05) is 13.8 Å². The quantitative estimate of drug-likeness (QED) is 0.502. The second kappa shape index (κ2) is 9.33. The molecule has 1 atom stereocenters. The van der Waals surface area contributed by atoms with Crippen molar-refractivity contribution in [3.8, 4) is 11.5 Å². The van der Waals surface area contributed by atoms with Gasteiger partial charge in [0.1, 0.15) is 34.6 Å². The number of benzene rings is 1. The summed E-state index contributed by atoms with van der Waals surface area (Å²) in [6, 6.07) is 4.19. The fraction of sp³-hybridized carbons (Fsp3) is 0.478. The molecule has 3 aromatic rings. The van der Waals surface area contributed by atoms with Crippen LogP contribution in [-0.2, 0) is 17.5 Å². The van der Waals surface area contributed by atoms with Crippen LogP contribution in [0.2, 0.25) is 0 Å². The van der Waals surface area contributed by atoms with Gasteiger partial charge in [-0.1, -0.05) is 0 Å². The number of aromatic nitrogens is 4. The molecule has 1 unspecified atom stereocenters. The zero-order chi connectivity index (χ0) is 25.4. The van der Waals surface area contributed by atoms with E-state index in [4.69, 9.17) is 19.9 Å². The van der Waals surface area contributed by atoms with Crippen LogP contribution < -0.4 is 20.5 Å². The summed E-state index contributed by atoms with van der Waals surface area (Å²) in [5.41, 5.74) is 4.50. The smallest absolute Gasteiger partial charge is 0.433 e. The average Bonchev–Trinajstić information content (AvgIpc) is 3.32. The van der Waals surface area contributed by atoms with Gasteiger partial charge in [0.05, 0.1) is 25.8 Å². The summed E-state index contributed by atoms with van der Waals surface area (Å²) in [4.78, 5) is 16.4. The number of methoxy groups -OCH3 is 1. The van der Waals surface area contributed by atoms with Crippen LogP contribution in [0, 0.1) is 12.8 Å². The Bertz CT molecular complexity index is 1230. The lowest BCUT2D eigenvalue weighted by Crippen LogP contribution is -2.38. The lowest BCUT2D eigenvalue weighted by molar-refractivity contribution is -0.141. The van der Waals surface area contributed by atoms with E-state index in [0.29, 0.717) is 53.3 Å². The molecule has 0 bridgehead atoms. The third-order valence-electron chi connectivity index (χ3n) is 5.88. The number of hydrogen-bond donors (Lipinski definition) is 2. The molecule has 9 nitrogen and oxygen atoms in total. The van der Waals surface area contributed by atoms with E-state index in [1.54, 1.807) is 26.2 Å². The maximum absolute atomic E-state index is 13.1. The summed E-state index contributed by atoms with van der Waals surface area (Å²) in [5, 5.41) is 3.62. The predicted molar refractivity (Wildman–Crippen MR) is 123 cm³/mol. The number of anilines is 2. The number of aryl methyl sites for hydroxylation is 1. The number of nitrogens with one attached hydrogen (secondary N) is 1. The van der Waals surface area contributed by atoms with Crippen LogP contribution in [0.25, 0.3) is 10.9 Å².